The van der Waals surface area contributed by atoms with Crippen molar-refractivity contribution in [1.82, 2.24) is 9.80 Å². The van der Waals surface area contributed by atoms with Crippen LogP contribution in [0.3, 0.4) is 0 Å². The largest absolute Gasteiger partial charge is 0.461 e. The molecule has 2 amide bonds. The van der Waals surface area contributed by atoms with Gasteiger partial charge in [-0.05, 0) is 51.4 Å². The Morgan fingerprint density at radius 2 is 1.87 bits per heavy atom. The summed E-state index contributed by atoms with van der Waals surface area (Å²) >= 11 is 1.63. The highest BCUT2D eigenvalue weighted by molar-refractivity contribution is 8.02. The van der Waals surface area contributed by atoms with Crippen LogP contribution in [0.5, 0.6) is 0 Å². The molecule has 2 unspecified atom stereocenters. The van der Waals surface area contributed by atoms with Gasteiger partial charge in [0.05, 0.1) is 29.2 Å². The first-order chi connectivity index (χ1) is 18.0. The Morgan fingerprint density at radius 3 is 2.38 bits per heavy atom. The van der Waals surface area contributed by atoms with Gasteiger partial charge in [0.1, 0.15) is 12.6 Å². The van der Waals surface area contributed by atoms with Gasteiger partial charge in [-0.2, -0.15) is 0 Å². The maximum absolute atomic E-state index is 14.9. The number of fused-ring (bicyclic) bond motifs is 1. The number of amides is 2. The summed E-state index contributed by atoms with van der Waals surface area (Å²) in [5, 5.41) is 10.6. The quantitative estimate of drug-likeness (QED) is 0.271. The molecule has 3 aliphatic heterocycles. The summed E-state index contributed by atoms with van der Waals surface area (Å²) in [4.78, 5) is 46.4. The number of aliphatic hydroxyl groups excluding tert-OH is 1. The van der Waals surface area contributed by atoms with Gasteiger partial charge in [0.15, 0.2) is 0 Å². The van der Waals surface area contributed by atoms with E-state index < -0.39 is 44.9 Å². The fraction of sp³-hybridized carbons (Fsp3) is 0.774. The van der Waals surface area contributed by atoms with Crippen LogP contribution in [-0.2, 0) is 19.1 Å². The van der Waals surface area contributed by atoms with Crippen LogP contribution in [0.2, 0.25) is 0 Å². The second-order valence-electron chi connectivity index (χ2n) is 13.8. The van der Waals surface area contributed by atoms with E-state index >= 15 is 0 Å². The number of rotatable bonds is 12. The minimum Gasteiger partial charge on any atom is -0.461 e. The van der Waals surface area contributed by atoms with Crippen molar-refractivity contribution in [3.63, 3.8) is 0 Å². The Morgan fingerprint density at radius 1 is 1.23 bits per heavy atom. The average molecular weight is 563 g/mol. The van der Waals surface area contributed by atoms with Crippen LogP contribution in [0, 0.1) is 23.2 Å². The lowest BCUT2D eigenvalue weighted by Gasteiger charge is -2.47. The van der Waals surface area contributed by atoms with Gasteiger partial charge in [-0.3, -0.25) is 14.4 Å². The number of esters is 1. The predicted octanol–water partition coefficient (Wildman–Crippen LogP) is 4.83. The van der Waals surface area contributed by atoms with E-state index in [1.807, 2.05) is 25.7 Å². The Hall–Kier alpha value is -1.80. The molecule has 0 aromatic rings. The van der Waals surface area contributed by atoms with Crippen LogP contribution in [0.4, 0.5) is 0 Å². The van der Waals surface area contributed by atoms with E-state index in [0.717, 1.165) is 12.8 Å². The number of aliphatic hydroxyl groups is 1. The Balaban J connectivity index is 2.19. The van der Waals surface area contributed by atoms with Gasteiger partial charge in [0.2, 0.25) is 11.8 Å². The van der Waals surface area contributed by atoms with Crippen LogP contribution in [0.1, 0.15) is 81.1 Å². The van der Waals surface area contributed by atoms with Crippen molar-refractivity contribution in [2.75, 3.05) is 19.8 Å². The van der Waals surface area contributed by atoms with E-state index in [9.17, 15) is 19.5 Å². The van der Waals surface area contributed by atoms with Gasteiger partial charge in [0.25, 0.3) is 0 Å². The third-order valence-electron chi connectivity index (χ3n) is 9.16. The normalized spacial score (nSPS) is 31.6. The van der Waals surface area contributed by atoms with Crippen molar-refractivity contribution in [2.24, 2.45) is 23.2 Å². The van der Waals surface area contributed by atoms with Crippen molar-refractivity contribution in [2.45, 2.75) is 108 Å². The van der Waals surface area contributed by atoms with Gasteiger partial charge in [-0.1, -0.05) is 59.8 Å². The molecule has 0 aromatic carbocycles. The van der Waals surface area contributed by atoms with Crippen LogP contribution in [-0.4, -0.2) is 79.6 Å². The molecular formula is C31H50N2O5S. The number of carbonyl (C=O) groups excluding carboxylic acids is 3. The molecule has 0 saturated carbocycles. The molecule has 7 nitrogen and oxygen atoms in total. The highest BCUT2D eigenvalue weighted by atomic mass is 32.2. The molecule has 39 heavy (non-hydrogen) atoms. The van der Waals surface area contributed by atoms with Gasteiger partial charge < -0.3 is 19.6 Å². The lowest BCUT2D eigenvalue weighted by molar-refractivity contribution is -0.155. The molecule has 0 aromatic heterocycles. The fourth-order valence-corrected chi connectivity index (χ4v) is 10.0. The molecule has 2 bridgehead atoms. The average Bonchev–Trinajstić information content (AvgIpc) is 3.40. The molecule has 0 radical (unpaired) electrons. The number of hydrogen-bond donors (Lipinski definition) is 1. The van der Waals surface area contributed by atoms with E-state index in [2.05, 4.69) is 47.8 Å². The molecule has 0 aliphatic carbocycles. The molecule has 8 heteroatoms. The van der Waals surface area contributed by atoms with E-state index in [1.54, 1.807) is 22.7 Å². The van der Waals surface area contributed by atoms with Crippen molar-refractivity contribution < 1.29 is 24.2 Å². The SMILES string of the molecule is C=CCOC(=O)[C@@H]1[C@H]2C(=O)N([C@@H](CO)[C@@H](C)CC)C(C(=O)N(CC=C)C(C)(C)CC(C)(C)C)C23CC[C@@]1(C)S3. The molecule has 3 heterocycles. The topological polar surface area (TPSA) is 87.1 Å². The zero-order valence-corrected chi connectivity index (χ0v) is 26.1. The van der Waals surface area contributed by atoms with Crippen LogP contribution in [0.25, 0.3) is 0 Å². The van der Waals surface area contributed by atoms with Crippen molar-refractivity contribution in [3.05, 3.63) is 25.3 Å². The molecule has 3 fully saturated rings. The number of nitrogens with zero attached hydrogens (tertiary/aromatic N) is 2. The number of carbonyl (C=O) groups is 3. The highest BCUT2D eigenvalue weighted by Crippen LogP contribution is 2.72. The summed E-state index contributed by atoms with van der Waals surface area (Å²) in [6.07, 6.45) is 6.14. The molecular weight excluding hydrogens is 512 g/mol. The van der Waals surface area contributed by atoms with Crippen LogP contribution < -0.4 is 0 Å². The lowest BCUT2D eigenvalue weighted by Crippen LogP contribution is -2.62. The van der Waals surface area contributed by atoms with Gasteiger partial charge >= 0.3 is 5.97 Å². The maximum atomic E-state index is 14.9. The van der Waals surface area contributed by atoms with Gasteiger partial charge in [0, 0.05) is 16.8 Å². The van der Waals surface area contributed by atoms with Crippen molar-refractivity contribution >= 4 is 29.5 Å². The highest BCUT2D eigenvalue weighted by Gasteiger charge is 2.78. The monoisotopic (exact) mass is 562 g/mol. The van der Waals surface area contributed by atoms with Crippen molar-refractivity contribution in [1.29, 1.82) is 0 Å². The molecule has 220 valence electrons. The summed E-state index contributed by atoms with van der Waals surface area (Å²) in [7, 11) is 0. The molecule has 3 rings (SSSR count). The van der Waals surface area contributed by atoms with E-state index in [0.29, 0.717) is 19.4 Å². The van der Waals surface area contributed by atoms with Crippen LogP contribution in [0.15, 0.2) is 25.3 Å². The second-order valence-corrected chi connectivity index (χ2v) is 15.7. The van der Waals surface area contributed by atoms with Gasteiger partial charge in [-0.15, -0.1) is 18.3 Å². The van der Waals surface area contributed by atoms with Crippen molar-refractivity contribution in [3.8, 4) is 0 Å². The number of ether oxygens (including phenoxy) is 1. The summed E-state index contributed by atoms with van der Waals surface area (Å²) in [5.74, 6) is -2.10. The minimum atomic E-state index is -0.788. The standard InChI is InChI=1S/C31H50N2O5S/c1-11-16-32(29(8,9)19-28(5,6)7)26(36)24-31-15-14-30(10,39-31)23(27(37)38-17-12-2)22(31)25(35)33(24)21(18-34)20(4)13-3/h11-12,20-24,34H,1-2,13-19H2,3-10H3/t20-,21-,22-,23-,24?,30+,31?/m0/s1. The molecule has 1 spiro atoms. The summed E-state index contributed by atoms with van der Waals surface area (Å²) in [6.45, 7) is 24.5. The van der Waals surface area contributed by atoms with E-state index in [1.165, 1.54) is 6.08 Å². The lowest BCUT2D eigenvalue weighted by atomic mass is 9.66. The van der Waals surface area contributed by atoms with E-state index in [-0.39, 0.29) is 36.4 Å². The first kappa shape index (κ1) is 31.7. The molecule has 1 N–H and O–H groups in total. The number of likely N-dealkylation sites (tertiary alicyclic amines) is 1. The Kier molecular flexibility index (Phi) is 9.13. The third-order valence-corrected chi connectivity index (χ3v) is 11.1. The Labute approximate surface area is 239 Å². The first-order valence-electron chi connectivity index (χ1n) is 14.4. The predicted molar refractivity (Wildman–Crippen MR) is 157 cm³/mol. The molecule has 3 saturated heterocycles. The third kappa shape index (κ3) is 5.44. The van der Waals surface area contributed by atoms with Crippen LogP contribution >= 0.6 is 11.8 Å². The smallest absolute Gasteiger partial charge is 0.311 e. The summed E-state index contributed by atoms with van der Waals surface area (Å²) < 4.78 is 4.26. The second kappa shape index (κ2) is 11.2. The zero-order chi connectivity index (χ0) is 29.6. The Bertz CT molecular complexity index is 990. The summed E-state index contributed by atoms with van der Waals surface area (Å²) in [5.41, 5.74) is -0.543. The molecule has 3 aliphatic rings. The minimum absolute atomic E-state index is 0.0242. The number of thioether (sulfide) groups is 1. The summed E-state index contributed by atoms with van der Waals surface area (Å²) in [6, 6.07) is -1.31. The van der Waals surface area contributed by atoms with Gasteiger partial charge in [-0.25, -0.2) is 0 Å². The maximum Gasteiger partial charge on any atom is 0.311 e. The fourth-order valence-electron chi connectivity index (χ4n) is 7.71. The first-order valence-corrected chi connectivity index (χ1v) is 15.2. The zero-order valence-electron chi connectivity index (χ0n) is 25.3. The number of hydrogen-bond acceptors (Lipinski definition) is 6. The molecule has 7 atom stereocenters. The van der Waals surface area contributed by atoms with E-state index in [4.69, 9.17) is 4.74 Å².